The van der Waals surface area contributed by atoms with Crippen LogP contribution >= 0.6 is 23.2 Å². The van der Waals surface area contributed by atoms with Gasteiger partial charge in [0.05, 0.1) is 10.6 Å². The highest BCUT2D eigenvalue weighted by Crippen LogP contribution is 2.21. The van der Waals surface area contributed by atoms with E-state index in [-0.39, 0.29) is 5.82 Å². The largest absolute Gasteiger partial charge is 0.381 e. The van der Waals surface area contributed by atoms with E-state index in [4.69, 9.17) is 28.5 Å². The third-order valence-electron chi connectivity index (χ3n) is 2.51. The first kappa shape index (κ1) is 13.7. The Hall–Kier alpha value is -1.76. The summed E-state index contributed by atoms with van der Waals surface area (Å²) >= 11 is 11.6. The maximum absolute atomic E-state index is 13.2. The summed E-state index contributed by atoms with van der Waals surface area (Å²) in [4.78, 5) is 0. The molecule has 0 unspecified atom stereocenters. The second-order valence-electron chi connectivity index (χ2n) is 3.94. The van der Waals surface area contributed by atoms with Crippen LogP contribution < -0.4 is 5.32 Å². The summed E-state index contributed by atoms with van der Waals surface area (Å²) in [7, 11) is 0. The first-order valence-electron chi connectivity index (χ1n) is 5.47. The van der Waals surface area contributed by atoms with Crippen molar-refractivity contribution in [2.24, 2.45) is 0 Å². The van der Waals surface area contributed by atoms with Crippen LogP contribution in [0.4, 0.5) is 10.1 Å². The highest BCUT2D eigenvalue weighted by molar-refractivity contribution is 6.31. The summed E-state index contributed by atoms with van der Waals surface area (Å²) in [6.45, 7) is 0.407. The monoisotopic (exact) mass is 294 g/mol. The Labute approximate surface area is 120 Å². The fourth-order valence-electron chi connectivity index (χ4n) is 1.64. The van der Waals surface area contributed by atoms with E-state index in [9.17, 15) is 4.39 Å². The lowest BCUT2D eigenvalue weighted by Gasteiger charge is -2.08. The number of hydrogen-bond acceptors (Lipinski definition) is 2. The number of nitrogens with one attached hydrogen (secondary N) is 1. The second kappa shape index (κ2) is 5.92. The zero-order chi connectivity index (χ0) is 13.8. The Bertz CT molecular complexity index is 630. The van der Waals surface area contributed by atoms with Crippen molar-refractivity contribution in [1.82, 2.24) is 0 Å². The molecule has 96 valence electrons. The molecule has 2 aromatic carbocycles. The quantitative estimate of drug-likeness (QED) is 0.897. The van der Waals surface area contributed by atoms with Gasteiger partial charge in [-0.15, -0.1) is 0 Å². The van der Waals surface area contributed by atoms with Gasteiger partial charge in [-0.3, -0.25) is 0 Å². The van der Waals surface area contributed by atoms with Crippen LogP contribution in [-0.2, 0) is 6.54 Å². The van der Waals surface area contributed by atoms with Crippen LogP contribution in [-0.4, -0.2) is 0 Å². The van der Waals surface area contributed by atoms with Crippen molar-refractivity contribution in [2.45, 2.75) is 6.54 Å². The van der Waals surface area contributed by atoms with Crippen molar-refractivity contribution in [3.05, 3.63) is 63.4 Å². The molecular weight excluding hydrogens is 286 g/mol. The molecule has 0 radical (unpaired) electrons. The topological polar surface area (TPSA) is 35.8 Å². The number of hydrogen-bond donors (Lipinski definition) is 1. The summed E-state index contributed by atoms with van der Waals surface area (Å²) in [5.41, 5.74) is 1.85. The summed E-state index contributed by atoms with van der Waals surface area (Å²) in [5, 5.41) is 12.7. The van der Waals surface area contributed by atoms with E-state index in [1.807, 2.05) is 6.07 Å². The van der Waals surface area contributed by atoms with Gasteiger partial charge in [0.2, 0.25) is 0 Å². The van der Waals surface area contributed by atoms with Crippen molar-refractivity contribution in [3.8, 4) is 6.07 Å². The number of rotatable bonds is 3. The summed E-state index contributed by atoms with van der Waals surface area (Å²) in [6, 6.07) is 11.4. The minimum Gasteiger partial charge on any atom is -0.381 e. The maximum Gasteiger partial charge on any atom is 0.125 e. The molecule has 0 bridgehead atoms. The molecule has 0 amide bonds. The maximum atomic E-state index is 13.2. The van der Waals surface area contributed by atoms with Gasteiger partial charge >= 0.3 is 0 Å². The zero-order valence-electron chi connectivity index (χ0n) is 9.75. The number of anilines is 1. The Kier molecular flexibility index (Phi) is 4.26. The van der Waals surface area contributed by atoms with Crippen LogP contribution in [0.1, 0.15) is 11.1 Å². The van der Waals surface area contributed by atoms with Crippen molar-refractivity contribution in [3.63, 3.8) is 0 Å². The predicted octanol–water partition coefficient (Wildman–Crippen LogP) is 4.62. The molecule has 2 aromatic rings. The van der Waals surface area contributed by atoms with Gasteiger partial charge in [-0.05, 0) is 42.0 Å². The van der Waals surface area contributed by atoms with Crippen molar-refractivity contribution in [1.29, 1.82) is 5.26 Å². The molecule has 0 aliphatic heterocycles. The summed E-state index contributed by atoms with van der Waals surface area (Å²) < 4.78 is 13.2. The fourth-order valence-corrected chi connectivity index (χ4v) is 2.04. The molecule has 0 aliphatic rings. The first-order chi connectivity index (χ1) is 9.08. The molecule has 0 spiro atoms. The third kappa shape index (κ3) is 3.60. The third-order valence-corrected chi connectivity index (χ3v) is 3.05. The smallest absolute Gasteiger partial charge is 0.125 e. The van der Waals surface area contributed by atoms with Crippen molar-refractivity contribution in [2.75, 3.05) is 5.32 Å². The number of halogens is 3. The van der Waals surface area contributed by atoms with E-state index >= 15 is 0 Å². The molecular formula is C14H9Cl2FN2. The molecule has 2 rings (SSSR count). The fraction of sp³-hybridized carbons (Fsp3) is 0.0714. The average molecular weight is 295 g/mol. The number of nitrogens with zero attached hydrogens (tertiary/aromatic N) is 1. The van der Waals surface area contributed by atoms with Gasteiger partial charge in [0, 0.05) is 17.3 Å². The first-order valence-corrected chi connectivity index (χ1v) is 6.22. The second-order valence-corrected chi connectivity index (χ2v) is 4.78. The van der Waals surface area contributed by atoms with E-state index in [2.05, 4.69) is 5.32 Å². The molecule has 0 heterocycles. The summed E-state index contributed by atoms with van der Waals surface area (Å²) in [6.07, 6.45) is 0. The van der Waals surface area contributed by atoms with Crippen molar-refractivity contribution < 1.29 is 4.39 Å². The van der Waals surface area contributed by atoms with Crippen molar-refractivity contribution >= 4 is 28.9 Å². The molecule has 0 atom stereocenters. The van der Waals surface area contributed by atoms with E-state index in [1.54, 1.807) is 24.3 Å². The van der Waals surface area contributed by atoms with Crippen LogP contribution in [0.15, 0.2) is 36.4 Å². The molecule has 0 aliphatic carbocycles. The van der Waals surface area contributed by atoms with Crippen LogP contribution in [0.25, 0.3) is 0 Å². The SMILES string of the molecule is N#Cc1cc(NCc2cc(F)cc(Cl)c2)ccc1Cl. The number of nitriles is 1. The lowest BCUT2D eigenvalue weighted by atomic mass is 10.2. The van der Waals surface area contributed by atoms with Gasteiger partial charge in [-0.1, -0.05) is 23.2 Å². The van der Waals surface area contributed by atoms with E-state index in [1.165, 1.54) is 12.1 Å². The Morgan fingerprint density at radius 1 is 1.16 bits per heavy atom. The van der Waals surface area contributed by atoms with E-state index in [0.717, 1.165) is 11.3 Å². The van der Waals surface area contributed by atoms with Gasteiger partial charge in [-0.25, -0.2) is 4.39 Å². The van der Waals surface area contributed by atoms with E-state index < -0.39 is 0 Å². The predicted molar refractivity (Wildman–Crippen MR) is 74.9 cm³/mol. The van der Waals surface area contributed by atoms with Gasteiger partial charge < -0.3 is 5.32 Å². The molecule has 2 nitrogen and oxygen atoms in total. The van der Waals surface area contributed by atoms with Gasteiger partial charge in [-0.2, -0.15) is 5.26 Å². The standard InChI is InChI=1S/C14H9Cl2FN2/c15-11-3-9(4-12(17)6-11)8-19-13-1-2-14(16)10(5-13)7-18/h1-6,19H,8H2. The lowest BCUT2D eigenvalue weighted by Crippen LogP contribution is -2.00. The molecule has 19 heavy (non-hydrogen) atoms. The Morgan fingerprint density at radius 3 is 2.63 bits per heavy atom. The highest BCUT2D eigenvalue weighted by atomic mass is 35.5. The summed E-state index contributed by atoms with van der Waals surface area (Å²) in [5.74, 6) is -0.377. The van der Waals surface area contributed by atoms with Crippen LogP contribution in [0.5, 0.6) is 0 Å². The minimum absolute atomic E-state index is 0.352. The van der Waals surface area contributed by atoms with Gasteiger partial charge in [0.1, 0.15) is 11.9 Å². The lowest BCUT2D eigenvalue weighted by molar-refractivity contribution is 0.626. The van der Waals surface area contributed by atoms with Gasteiger partial charge in [0.15, 0.2) is 0 Å². The molecule has 0 fully saturated rings. The van der Waals surface area contributed by atoms with Gasteiger partial charge in [0.25, 0.3) is 0 Å². The molecule has 0 aromatic heterocycles. The normalized spacial score (nSPS) is 10.0. The highest BCUT2D eigenvalue weighted by Gasteiger charge is 2.02. The Morgan fingerprint density at radius 2 is 1.95 bits per heavy atom. The Balaban J connectivity index is 2.12. The minimum atomic E-state index is -0.377. The molecule has 5 heteroatoms. The molecule has 1 N–H and O–H groups in total. The van der Waals surface area contributed by atoms with Crippen LogP contribution in [0, 0.1) is 17.1 Å². The van der Waals surface area contributed by atoms with Crippen LogP contribution in [0.2, 0.25) is 10.0 Å². The van der Waals surface area contributed by atoms with Crippen LogP contribution in [0.3, 0.4) is 0 Å². The molecule has 0 saturated carbocycles. The number of benzene rings is 2. The molecule has 0 saturated heterocycles. The average Bonchev–Trinajstić information content (AvgIpc) is 2.36. The van der Waals surface area contributed by atoms with E-state index in [0.29, 0.717) is 22.2 Å². The zero-order valence-corrected chi connectivity index (χ0v) is 11.3.